The highest BCUT2D eigenvalue weighted by Gasteiger charge is 2.32. The first-order valence-corrected chi connectivity index (χ1v) is 10.8. The zero-order chi connectivity index (χ0) is 18.5. The monoisotopic (exact) mass is 356 g/mol. The summed E-state index contributed by atoms with van der Waals surface area (Å²) in [6.07, 6.45) is 11.6. The maximum atomic E-state index is 13.1. The molecule has 2 N–H and O–H groups in total. The van der Waals surface area contributed by atoms with Crippen LogP contribution in [0.3, 0.4) is 0 Å². The van der Waals surface area contributed by atoms with Crippen LogP contribution in [0.25, 0.3) is 0 Å². The van der Waals surface area contributed by atoms with Crippen LogP contribution in [0.4, 0.5) is 5.69 Å². The number of carbonyl (C=O) groups excluding carboxylic acids is 1. The number of benzene rings is 1. The molecule has 26 heavy (non-hydrogen) atoms. The van der Waals surface area contributed by atoms with Crippen LogP contribution in [0, 0.1) is 11.8 Å². The Morgan fingerprint density at radius 3 is 2.69 bits per heavy atom. The van der Waals surface area contributed by atoms with Crippen LogP contribution in [0.15, 0.2) is 18.2 Å². The summed E-state index contributed by atoms with van der Waals surface area (Å²) in [4.78, 5) is 15.2. The lowest BCUT2D eigenvalue weighted by Crippen LogP contribution is -2.36. The summed E-state index contributed by atoms with van der Waals surface area (Å²) in [5, 5.41) is 0. The third-order valence-electron chi connectivity index (χ3n) is 6.49. The predicted molar refractivity (Wildman–Crippen MR) is 109 cm³/mol. The largest absolute Gasteiger partial charge is 0.327 e. The fourth-order valence-corrected chi connectivity index (χ4v) is 4.67. The molecule has 0 aromatic heterocycles. The van der Waals surface area contributed by atoms with Crippen LogP contribution in [-0.4, -0.2) is 18.5 Å². The molecule has 1 aliphatic carbocycles. The lowest BCUT2D eigenvalue weighted by Gasteiger charge is -2.30. The lowest BCUT2D eigenvalue weighted by molar-refractivity contribution is -0.123. The highest BCUT2D eigenvalue weighted by molar-refractivity contribution is 5.97. The maximum absolute atomic E-state index is 13.1. The minimum Gasteiger partial charge on any atom is -0.327 e. The van der Waals surface area contributed by atoms with Crippen LogP contribution in [0.1, 0.15) is 76.3 Å². The summed E-state index contributed by atoms with van der Waals surface area (Å²) in [7, 11) is 0. The van der Waals surface area contributed by atoms with E-state index in [0.717, 1.165) is 50.3 Å². The molecule has 0 spiro atoms. The summed E-state index contributed by atoms with van der Waals surface area (Å²) in [5.41, 5.74) is 9.89. The summed E-state index contributed by atoms with van der Waals surface area (Å²) in [6, 6.07) is 6.83. The van der Waals surface area contributed by atoms with E-state index in [1.165, 1.54) is 43.2 Å². The van der Waals surface area contributed by atoms with E-state index in [9.17, 15) is 4.79 Å². The summed E-state index contributed by atoms with van der Waals surface area (Å²) < 4.78 is 0. The number of hydrogen-bond donors (Lipinski definition) is 1. The van der Waals surface area contributed by atoms with E-state index in [1.807, 2.05) is 0 Å². The first kappa shape index (κ1) is 19.4. The fraction of sp³-hybridized carbons (Fsp3) is 0.696. The molecule has 3 nitrogen and oxygen atoms in total. The molecule has 1 amide bonds. The number of unbranched alkanes of at least 4 members (excludes halogenated alkanes) is 1. The molecule has 1 fully saturated rings. The standard InChI is InChI=1S/C23H36N2O/c1-3-5-6-17-7-10-19(11-8-17)23(26)25-14-13-20-15-18(9-12-22(20)25)16-21(24)4-2/h9,12,15,17,19,21H,3-8,10-11,13-14,16,24H2,1-2H3. The third kappa shape index (κ3) is 4.49. The number of nitrogens with zero attached hydrogens (tertiary/aromatic N) is 1. The van der Waals surface area contributed by atoms with E-state index in [0.29, 0.717) is 5.91 Å². The van der Waals surface area contributed by atoms with E-state index < -0.39 is 0 Å². The molecule has 144 valence electrons. The van der Waals surface area contributed by atoms with Gasteiger partial charge in [-0.15, -0.1) is 0 Å². The Bertz CT molecular complexity index is 604. The van der Waals surface area contributed by atoms with Crippen LogP contribution in [-0.2, 0) is 17.6 Å². The summed E-state index contributed by atoms with van der Waals surface area (Å²) in [5.74, 6) is 1.47. The van der Waals surface area contributed by atoms with Crippen LogP contribution >= 0.6 is 0 Å². The topological polar surface area (TPSA) is 46.3 Å². The Balaban J connectivity index is 1.59. The predicted octanol–water partition coefficient (Wildman–Crippen LogP) is 4.85. The minimum absolute atomic E-state index is 0.232. The molecule has 0 bridgehead atoms. The molecule has 1 saturated carbocycles. The van der Waals surface area contributed by atoms with Crippen molar-refractivity contribution in [1.29, 1.82) is 0 Å². The molecule has 1 aliphatic heterocycles. The molecular formula is C23H36N2O. The van der Waals surface area contributed by atoms with Crippen LogP contribution in [0.5, 0.6) is 0 Å². The highest BCUT2D eigenvalue weighted by atomic mass is 16.2. The van der Waals surface area contributed by atoms with Crippen molar-refractivity contribution in [3.8, 4) is 0 Å². The quantitative estimate of drug-likeness (QED) is 0.759. The van der Waals surface area contributed by atoms with Gasteiger partial charge in [0.25, 0.3) is 0 Å². The number of amides is 1. The van der Waals surface area contributed by atoms with Crippen molar-refractivity contribution in [3.05, 3.63) is 29.3 Å². The number of rotatable bonds is 7. The molecule has 0 radical (unpaired) electrons. The molecule has 3 rings (SSSR count). The second-order valence-electron chi connectivity index (χ2n) is 8.44. The van der Waals surface area contributed by atoms with E-state index in [2.05, 4.69) is 36.9 Å². The minimum atomic E-state index is 0.232. The van der Waals surface area contributed by atoms with Gasteiger partial charge in [-0.05, 0) is 68.1 Å². The van der Waals surface area contributed by atoms with E-state index >= 15 is 0 Å². The number of anilines is 1. The first-order chi connectivity index (χ1) is 12.6. The van der Waals surface area contributed by atoms with Crippen molar-refractivity contribution in [2.24, 2.45) is 17.6 Å². The van der Waals surface area contributed by atoms with Gasteiger partial charge in [-0.2, -0.15) is 0 Å². The van der Waals surface area contributed by atoms with Crippen molar-refractivity contribution >= 4 is 11.6 Å². The Kier molecular flexibility index (Phi) is 6.74. The normalized spacial score (nSPS) is 23.7. The summed E-state index contributed by atoms with van der Waals surface area (Å²) in [6.45, 7) is 5.25. The molecule has 1 unspecified atom stereocenters. The van der Waals surface area contributed by atoms with E-state index in [-0.39, 0.29) is 12.0 Å². The van der Waals surface area contributed by atoms with Gasteiger partial charge >= 0.3 is 0 Å². The number of nitrogens with two attached hydrogens (primary N) is 1. The van der Waals surface area contributed by atoms with E-state index in [1.54, 1.807) is 0 Å². The van der Waals surface area contributed by atoms with Gasteiger partial charge in [-0.1, -0.05) is 45.2 Å². The Morgan fingerprint density at radius 1 is 1.23 bits per heavy atom. The highest BCUT2D eigenvalue weighted by Crippen LogP contribution is 2.36. The van der Waals surface area contributed by atoms with Gasteiger partial charge in [0, 0.05) is 24.2 Å². The number of carbonyl (C=O) groups is 1. The molecule has 3 heteroatoms. The Labute approximate surface area is 159 Å². The zero-order valence-electron chi connectivity index (χ0n) is 16.7. The molecule has 1 aromatic carbocycles. The maximum Gasteiger partial charge on any atom is 0.230 e. The van der Waals surface area contributed by atoms with Gasteiger partial charge in [0.15, 0.2) is 0 Å². The van der Waals surface area contributed by atoms with Crippen LogP contribution < -0.4 is 10.6 Å². The molecule has 2 aliphatic rings. The molecule has 1 atom stereocenters. The summed E-state index contributed by atoms with van der Waals surface area (Å²) >= 11 is 0. The molecule has 1 heterocycles. The smallest absolute Gasteiger partial charge is 0.230 e. The SMILES string of the molecule is CCCCC1CCC(C(=O)N2CCc3cc(CC(N)CC)ccc32)CC1. The molecule has 0 saturated heterocycles. The van der Waals surface area contributed by atoms with Gasteiger partial charge in [-0.3, -0.25) is 4.79 Å². The second kappa shape index (κ2) is 9.03. The van der Waals surface area contributed by atoms with Gasteiger partial charge in [-0.25, -0.2) is 0 Å². The van der Waals surface area contributed by atoms with Crippen molar-refractivity contribution in [1.82, 2.24) is 0 Å². The number of fused-ring (bicyclic) bond motifs is 1. The van der Waals surface area contributed by atoms with Gasteiger partial charge in [0.1, 0.15) is 0 Å². The van der Waals surface area contributed by atoms with Gasteiger partial charge < -0.3 is 10.6 Å². The molecule has 1 aromatic rings. The lowest BCUT2D eigenvalue weighted by atomic mass is 9.79. The average Bonchev–Trinajstić information content (AvgIpc) is 3.09. The Hall–Kier alpha value is -1.35. The third-order valence-corrected chi connectivity index (χ3v) is 6.49. The fourth-order valence-electron chi connectivity index (χ4n) is 4.67. The first-order valence-electron chi connectivity index (χ1n) is 10.8. The Morgan fingerprint density at radius 2 is 2.00 bits per heavy atom. The van der Waals surface area contributed by atoms with E-state index in [4.69, 9.17) is 5.73 Å². The van der Waals surface area contributed by atoms with Crippen molar-refractivity contribution in [2.75, 3.05) is 11.4 Å². The van der Waals surface area contributed by atoms with Gasteiger partial charge in [0.2, 0.25) is 5.91 Å². The van der Waals surface area contributed by atoms with Crippen molar-refractivity contribution in [3.63, 3.8) is 0 Å². The van der Waals surface area contributed by atoms with Crippen molar-refractivity contribution < 1.29 is 4.79 Å². The molecular weight excluding hydrogens is 320 g/mol. The second-order valence-corrected chi connectivity index (χ2v) is 8.44. The number of hydrogen-bond acceptors (Lipinski definition) is 2. The average molecular weight is 357 g/mol. The van der Waals surface area contributed by atoms with Crippen molar-refractivity contribution in [2.45, 2.75) is 84.1 Å². The van der Waals surface area contributed by atoms with Crippen LogP contribution in [0.2, 0.25) is 0 Å². The zero-order valence-corrected chi connectivity index (χ0v) is 16.7. The van der Waals surface area contributed by atoms with Gasteiger partial charge in [0.05, 0.1) is 0 Å².